The standard InChI is InChI=1S/C19H14ClIN2O3.C18H12ClIN2O3.C10H8Cl2O.C9H7IN2O2.Li.H2O/c1-26-19(25)11-7-8-13-15(9-11)23(22-17(13)21)18(24)16-12(10-5-6-10)3-2-4-14(16)20;19-13-3-1-2-11(9-4-5-9)15(13)17(23)22-14-8-10(18(24)25)6-7-12(14)16(20)21-22;11-8-3-1-2-7(6-4-5-6)9(8)10(12)13;1-14-9(13)5-2-3-6-7(4-5)11-12-8(6)10;;/h2-4,7-10H,5-6H2,1H3;1-3,6-9H,4-5H2,(H,24,25);1-3,6H,4-5H2;2-4H,1H3,(H,11,12);;1H2/q;;;;+1;/p-1. The number of benzene rings is 6. The summed E-state index contributed by atoms with van der Waals surface area (Å²) >= 11 is 30.3. The molecule has 0 amide bonds. The van der Waals surface area contributed by atoms with Gasteiger partial charge in [0.15, 0.2) is 0 Å². The summed E-state index contributed by atoms with van der Waals surface area (Å²) in [5, 5.41) is 28.2. The maximum absolute atomic E-state index is 13.3. The van der Waals surface area contributed by atoms with E-state index in [1.165, 1.54) is 35.7 Å². The van der Waals surface area contributed by atoms with Crippen molar-refractivity contribution in [3.8, 4) is 0 Å². The normalized spacial score (nSPS) is 13.3. The monoisotopic (exact) mass is 1490 g/mol. The number of nitrogens with one attached hydrogen (secondary N) is 1. The van der Waals surface area contributed by atoms with Crippen molar-refractivity contribution < 1.29 is 67.7 Å². The topological polar surface area (TPSA) is 235 Å². The molecule has 0 saturated heterocycles. The summed E-state index contributed by atoms with van der Waals surface area (Å²) in [7, 11) is 2.69. The number of carbonyl (C=O) groups is 6. The van der Waals surface area contributed by atoms with Crippen molar-refractivity contribution >= 4 is 182 Å². The van der Waals surface area contributed by atoms with Gasteiger partial charge in [0.1, 0.15) is 11.1 Å². The molecule has 3 aliphatic carbocycles. The van der Waals surface area contributed by atoms with Gasteiger partial charge in [0.05, 0.1) is 79.2 Å². The van der Waals surface area contributed by atoms with Crippen LogP contribution in [0.15, 0.2) is 109 Å². The van der Waals surface area contributed by atoms with Gasteiger partial charge in [0, 0.05) is 16.2 Å². The van der Waals surface area contributed by atoms with Crippen LogP contribution in [0, 0.1) is 11.1 Å². The van der Waals surface area contributed by atoms with Crippen LogP contribution in [0.1, 0.15) is 135 Å². The summed E-state index contributed by atoms with van der Waals surface area (Å²) < 4.78 is 14.3. The van der Waals surface area contributed by atoms with Crippen molar-refractivity contribution in [1.82, 2.24) is 29.8 Å². The first-order chi connectivity index (χ1) is 37.4. The van der Waals surface area contributed by atoms with Gasteiger partial charge in [-0.25, -0.2) is 14.4 Å². The second kappa shape index (κ2) is 27.0. The molecule has 0 unspecified atom stereocenters. The molecule has 0 atom stereocenters. The largest absolute Gasteiger partial charge is 1.00 e. The van der Waals surface area contributed by atoms with Crippen LogP contribution < -0.4 is 18.9 Å². The number of esters is 2. The maximum Gasteiger partial charge on any atom is 1.00 e. The van der Waals surface area contributed by atoms with Crippen molar-refractivity contribution in [2.45, 2.75) is 56.3 Å². The number of rotatable bonds is 9. The molecule has 16 nitrogen and oxygen atoms in total. The fourth-order valence-corrected chi connectivity index (χ4v) is 11.7. The van der Waals surface area contributed by atoms with Crippen LogP contribution in [0.4, 0.5) is 0 Å². The zero-order valence-electron chi connectivity index (χ0n) is 42.4. The summed E-state index contributed by atoms with van der Waals surface area (Å²) in [4.78, 5) is 71.9. The maximum atomic E-state index is 13.3. The summed E-state index contributed by atoms with van der Waals surface area (Å²) in [6, 6.07) is 31.5. The van der Waals surface area contributed by atoms with Crippen LogP contribution in [0.5, 0.6) is 0 Å². The Kier molecular flexibility index (Phi) is 21.1. The molecule has 24 heteroatoms. The molecule has 3 fully saturated rings. The van der Waals surface area contributed by atoms with Crippen LogP contribution in [0.3, 0.4) is 0 Å². The number of nitrogens with zero attached hydrogens (tertiary/aromatic N) is 5. The van der Waals surface area contributed by atoms with E-state index in [2.05, 4.69) is 70.3 Å². The third kappa shape index (κ3) is 13.8. The fourth-order valence-electron chi connectivity index (χ4n) is 8.76. The number of aromatic carboxylic acids is 1. The molecule has 3 heterocycles. The van der Waals surface area contributed by atoms with Gasteiger partial charge in [-0.1, -0.05) is 71.2 Å². The van der Waals surface area contributed by atoms with Crippen molar-refractivity contribution in [3.05, 3.63) is 185 Å². The number of aromatic nitrogens is 6. The van der Waals surface area contributed by atoms with E-state index < -0.39 is 17.2 Å². The number of aromatic amines is 1. The van der Waals surface area contributed by atoms with Gasteiger partial charge in [-0.15, -0.1) is 0 Å². The summed E-state index contributed by atoms with van der Waals surface area (Å²) in [6.45, 7) is 0. The molecule has 3 saturated carbocycles. The second-order valence-corrected chi connectivity index (χ2v) is 22.9. The number of ether oxygens (including phenoxy) is 2. The average molecular weight is 1490 g/mol. The minimum absolute atomic E-state index is 0. The van der Waals surface area contributed by atoms with Gasteiger partial charge in [0.25, 0.3) is 17.1 Å². The third-order valence-corrected chi connectivity index (χ3v) is 16.6. The molecule has 3 aliphatic rings. The summed E-state index contributed by atoms with van der Waals surface area (Å²) in [5.74, 6) is -1.24. The molecule has 80 heavy (non-hydrogen) atoms. The number of fused-ring (bicyclic) bond motifs is 3. The van der Waals surface area contributed by atoms with Crippen molar-refractivity contribution in [1.29, 1.82) is 0 Å². The molecule has 0 radical (unpaired) electrons. The zero-order chi connectivity index (χ0) is 55.7. The van der Waals surface area contributed by atoms with E-state index in [1.807, 2.05) is 65.1 Å². The van der Waals surface area contributed by atoms with Gasteiger partial charge in [-0.2, -0.15) is 24.7 Å². The first-order valence-corrected chi connectivity index (χ1v) is 28.7. The van der Waals surface area contributed by atoms with Gasteiger partial charge >= 0.3 is 36.8 Å². The smallest absolute Gasteiger partial charge is 0.870 e. The van der Waals surface area contributed by atoms with Crippen LogP contribution in [-0.4, -0.2) is 89.5 Å². The van der Waals surface area contributed by atoms with E-state index in [9.17, 15) is 33.9 Å². The Hall–Kier alpha value is -4.94. The number of H-pyrrole nitrogens is 1. The molecule has 0 spiro atoms. The summed E-state index contributed by atoms with van der Waals surface area (Å²) in [5.41, 5.74) is 7.14. The quantitative estimate of drug-likeness (QED) is 0.0593. The SMILES string of the molecule is COC(=O)c1ccc2c(I)[nH]nc2c1.COC(=O)c1ccc2c(I)nn(C(=O)c3c(Cl)cccc3C3CC3)c2c1.O=C(Cl)c1c(Cl)cccc1C1CC1.O=C(O)c1ccc2c(I)nn(C(=O)c3c(Cl)cccc3C3CC3)c2c1.[Li+].[OH-]. The Balaban J connectivity index is 0.000000159. The predicted molar refractivity (Wildman–Crippen MR) is 325 cm³/mol. The van der Waals surface area contributed by atoms with E-state index >= 15 is 0 Å². The zero-order valence-corrected chi connectivity index (χ0v) is 51.9. The predicted octanol–water partition coefficient (Wildman–Crippen LogP) is 11.6. The molecule has 3 aromatic heterocycles. The summed E-state index contributed by atoms with van der Waals surface area (Å²) in [6.07, 6.45) is 6.48. The average Bonchev–Trinajstić information content (AvgIpc) is 4.45. The Morgan fingerprint density at radius 2 is 0.938 bits per heavy atom. The number of carbonyl (C=O) groups excluding carboxylic acids is 5. The molecule has 3 N–H and O–H groups in total. The fraction of sp³-hybridized carbons (Fsp3) is 0.196. The van der Waals surface area contributed by atoms with Crippen molar-refractivity contribution in [2.24, 2.45) is 0 Å². The number of hydrogen-bond donors (Lipinski definition) is 2. The second-order valence-electron chi connectivity index (χ2n) is 18.2. The Labute approximate surface area is 529 Å². The van der Waals surface area contributed by atoms with Crippen LogP contribution in [-0.2, 0) is 9.47 Å². The first kappa shape index (κ1) is 62.7. The van der Waals surface area contributed by atoms with Gasteiger partial charge in [0.2, 0.25) is 0 Å². The van der Waals surface area contributed by atoms with E-state index in [4.69, 9.17) is 51.1 Å². The van der Waals surface area contributed by atoms with Gasteiger partial charge in [-0.3, -0.25) is 19.5 Å². The number of hydrogen-bond acceptors (Lipinski definition) is 12. The Bertz CT molecular complexity index is 3920. The van der Waals surface area contributed by atoms with E-state index in [1.54, 1.807) is 54.6 Å². The molecular formula is C56H42Cl4I3LiN6O10. The third-order valence-electron chi connectivity index (χ3n) is 13.1. The van der Waals surface area contributed by atoms with Crippen molar-refractivity contribution in [3.63, 3.8) is 0 Å². The van der Waals surface area contributed by atoms with E-state index in [0.717, 1.165) is 80.6 Å². The van der Waals surface area contributed by atoms with E-state index in [0.29, 0.717) is 79.1 Å². The molecular weight excluding hydrogens is 1450 g/mol. The first-order valence-electron chi connectivity index (χ1n) is 23.9. The van der Waals surface area contributed by atoms with Crippen LogP contribution >= 0.6 is 114 Å². The number of carboxylic acids is 1. The Morgan fingerprint density at radius 3 is 1.34 bits per heavy atom. The Morgan fingerprint density at radius 1 is 0.562 bits per heavy atom. The van der Waals surface area contributed by atoms with E-state index in [-0.39, 0.29) is 47.7 Å². The van der Waals surface area contributed by atoms with Crippen molar-refractivity contribution in [2.75, 3.05) is 14.2 Å². The number of carboxylic acid groups (broad SMARTS) is 1. The number of methoxy groups -OCH3 is 2. The minimum Gasteiger partial charge on any atom is -0.870 e. The minimum atomic E-state index is -1.05. The van der Waals surface area contributed by atoms with Gasteiger partial charge in [-0.05, 0) is 225 Å². The number of halogens is 7. The molecule has 0 aliphatic heterocycles. The van der Waals surface area contributed by atoms with Crippen LogP contribution in [0.2, 0.25) is 15.1 Å². The molecule has 0 bridgehead atoms. The molecule has 406 valence electrons. The van der Waals surface area contributed by atoms with Gasteiger partial charge < -0.3 is 20.1 Å². The molecule has 12 rings (SSSR count). The molecule has 9 aromatic rings. The van der Waals surface area contributed by atoms with Crippen LogP contribution in [0.25, 0.3) is 32.7 Å². The molecule has 6 aromatic carbocycles.